The lowest BCUT2D eigenvalue weighted by molar-refractivity contribution is 0.0722. The van der Waals surface area contributed by atoms with E-state index in [-0.39, 0.29) is 28.9 Å². The molecule has 1 N–H and O–H groups in total. The van der Waals surface area contributed by atoms with E-state index in [1.807, 2.05) is 4.57 Å². The molecule has 1 saturated carbocycles. The van der Waals surface area contributed by atoms with Crippen molar-refractivity contribution in [3.63, 3.8) is 0 Å². The molecule has 170 valence electrons. The zero-order chi connectivity index (χ0) is 22.5. The SMILES string of the molecule is O=C(NCCc1ccc(F)cc1)c1cn(C2CCCC2)cc(C(=O)N2CCCCC2)c1=O. The molecule has 4 rings (SSSR count). The molecule has 1 aromatic carbocycles. The van der Waals surface area contributed by atoms with Crippen LogP contribution >= 0.6 is 0 Å². The van der Waals surface area contributed by atoms with E-state index in [9.17, 15) is 18.8 Å². The minimum absolute atomic E-state index is 0.0128. The van der Waals surface area contributed by atoms with Crippen LogP contribution in [0.4, 0.5) is 4.39 Å². The number of benzene rings is 1. The van der Waals surface area contributed by atoms with Gasteiger partial charge in [0.15, 0.2) is 0 Å². The number of halogens is 1. The third kappa shape index (κ3) is 5.09. The van der Waals surface area contributed by atoms with E-state index in [4.69, 9.17) is 0 Å². The predicted molar refractivity (Wildman–Crippen MR) is 120 cm³/mol. The fraction of sp³-hybridized carbons (Fsp3) is 0.480. The van der Waals surface area contributed by atoms with E-state index in [1.165, 1.54) is 12.1 Å². The maximum Gasteiger partial charge on any atom is 0.259 e. The number of piperidine rings is 1. The van der Waals surface area contributed by atoms with Crippen molar-refractivity contribution < 1.29 is 14.0 Å². The van der Waals surface area contributed by atoms with Gasteiger partial charge in [-0.3, -0.25) is 14.4 Å². The lowest BCUT2D eigenvalue weighted by atomic mass is 10.1. The Morgan fingerprint density at radius 3 is 2.28 bits per heavy atom. The summed E-state index contributed by atoms with van der Waals surface area (Å²) in [5.41, 5.74) is 0.488. The highest BCUT2D eigenvalue weighted by Gasteiger charge is 2.26. The highest BCUT2D eigenvalue weighted by atomic mass is 19.1. The Morgan fingerprint density at radius 1 is 0.938 bits per heavy atom. The molecule has 2 fully saturated rings. The molecule has 7 heteroatoms. The molecule has 0 atom stereocenters. The van der Waals surface area contributed by atoms with E-state index in [0.29, 0.717) is 26.1 Å². The second-order valence-electron chi connectivity index (χ2n) is 8.79. The summed E-state index contributed by atoms with van der Waals surface area (Å²) >= 11 is 0. The molecular weight excluding hydrogens is 409 g/mol. The number of rotatable bonds is 6. The summed E-state index contributed by atoms with van der Waals surface area (Å²) in [6, 6.07) is 6.31. The Balaban J connectivity index is 1.55. The zero-order valence-electron chi connectivity index (χ0n) is 18.3. The quantitative estimate of drug-likeness (QED) is 0.746. The maximum absolute atomic E-state index is 13.2. The van der Waals surface area contributed by atoms with Crippen LogP contribution in [0.1, 0.15) is 77.3 Å². The summed E-state index contributed by atoms with van der Waals surface area (Å²) in [6.07, 6.45) is 10.9. The van der Waals surface area contributed by atoms with Gasteiger partial charge in [0, 0.05) is 38.1 Å². The van der Waals surface area contributed by atoms with Crippen LogP contribution in [0.3, 0.4) is 0 Å². The number of likely N-dealkylation sites (tertiary alicyclic amines) is 1. The number of nitrogens with zero attached hydrogens (tertiary/aromatic N) is 2. The molecule has 2 amide bonds. The Hall–Kier alpha value is -2.96. The van der Waals surface area contributed by atoms with Crippen molar-refractivity contribution in [2.75, 3.05) is 19.6 Å². The number of amides is 2. The van der Waals surface area contributed by atoms with Crippen LogP contribution in [-0.4, -0.2) is 40.9 Å². The maximum atomic E-state index is 13.2. The predicted octanol–water partition coefficient (Wildman–Crippen LogP) is 3.70. The van der Waals surface area contributed by atoms with Crippen molar-refractivity contribution in [2.24, 2.45) is 0 Å². The Labute approximate surface area is 187 Å². The first-order valence-corrected chi connectivity index (χ1v) is 11.6. The second-order valence-corrected chi connectivity index (χ2v) is 8.79. The molecular formula is C25H30FN3O3. The minimum Gasteiger partial charge on any atom is -0.352 e. The Kier molecular flexibility index (Phi) is 7.02. The Bertz CT molecular complexity index is 1020. The number of hydrogen-bond donors (Lipinski definition) is 1. The fourth-order valence-corrected chi connectivity index (χ4v) is 4.66. The molecule has 0 radical (unpaired) electrons. The van der Waals surface area contributed by atoms with Crippen LogP contribution in [0.2, 0.25) is 0 Å². The van der Waals surface area contributed by atoms with Gasteiger partial charge in [-0.05, 0) is 56.2 Å². The van der Waals surface area contributed by atoms with Gasteiger partial charge in [-0.25, -0.2) is 4.39 Å². The lowest BCUT2D eigenvalue weighted by Crippen LogP contribution is -2.40. The highest BCUT2D eigenvalue weighted by molar-refractivity contribution is 5.99. The van der Waals surface area contributed by atoms with Crippen molar-refractivity contribution >= 4 is 11.8 Å². The zero-order valence-corrected chi connectivity index (χ0v) is 18.3. The van der Waals surface area contributed by atoms with E-state index >= 15 is 0 Å². The van der Waals surface area contributed by atoms with Gasteiger partial charge in [-0.2, -0.15) is 0 Å². The smallest absolute Gasteiger partial charge is 0.259 e. The number of pyridine rings is 1. The molecule has 2 aliphatic rings. The highest BCUT2D eigenvalue weighted by Crippen LogP contribution is 2.29. The van der Waals surface area contributed by atoms with Crippen molar-refractivity contribution in [3.05, 3.63) is 69.4 Å². The summed E-state index contributed by atoms with van der Waals surface area (Å²) in [4.78, 5) is 41.0. The van der Waals surface area contributed by atoms with Crippen LogP contribution in [-0.2, 0) is 6.42 Å². The van der Waals surface area contributed by atoms with Crippen LogP contribution in [0.15, 0.2) is 41.5 Å². The number of carbonyl (C=O) groups excluding carboxylic acids is 2. The van der Waals surface area contributed by atoms with Gasteiger partial charge in [0.05, 0.1) is 0 Å². The van der Waals surface area contributed by atoms with E-state index in [1.54, 1.807) is 29.4 Å². The van der Waals surface area contributed by atoms with Gasteiger partial charge in [-0.1, -0.05) is 25.0 Å². The molecule has 6 nitrogen and oxygen atoms in total. The third-order valence-corrected chi connectivity index (χ3v) is 6.52. The molecule has 1 aliphatic carbocycles. The summed E-state index contributed by atoms with van der Waals surface area (Å²) in [6.45, 7) is 1.61. The summed E-state index contributed by atoms with van der Waals surface area (Å²) in [5, 5.41) is 2.80. The normalized spacial score (nSPS) is 16.8. The van der Waals surface area contributed by atoms with E-state index < -0.39 is 11.3 Å². The van der Waals surface area contributed by atoms with Crippen LogP contribution in [0.25, 0.3) is 0 Å². The summed E-state index contributed by atoms with van der Waals surface area (Å²) in [7, 11) is 0. The monoisotopic (exact) mass is 439 g/mol. The van der Waals surface area contributed by atoms with Gasteiger partial charge in [-0.15, -0.1) is 0 Å². The molecule has 1 saturated heterocycles. The topological polar surface area (TPSA) is 71.4 Å². The second kappa shape index (κ2) is 10.1. The largest absolute Gasteiger partial charge is 0.352 e. The van der Waals surface area contributed by atoms with Crippen molar-refractivity contribution in [2.45, 2.75) is 57.4 Å². The molecule has 0 unspecified atom stereocenters. The molecule has 0 spiro atoms. The first kappa shape index (κ1) is 22.2. The van der Waals surface area contributed by atoms with E-state index in [0.717, 1.165) is 50.5 Å². The average Bonchev–Trinajstić information content (AvgIpc) is 3.35. The molecule has 32 heavy (non-hydrogen) atoms. The van der Waals surface area contributed by atoms with Crippen LogP contribution in [0.5, 0.6) is 0 Å². The minimum atomic E-state index is -0.505. The number of nitrogens with one attached hydrogen (secondary N) is 1. The molecule has 2 heterocycles. The first-order valence-electron chi connectivity index (χ1n) is 11.6. The van der Waals surface area contributed by atoms with Crippen LogP contribution < -0.4 is 10.7 Å². The summed E-state index contributed by atoms with van der Waals surface area (Å²) < 4.78 is 15.0. The van der Waals surface area contributed by atoms with Gasteiger partial charge >= 0.3 is 0 Å². The molecule has 1 aromatic heterocycles. The van der Waals surface area contributed by atoms with Gasteiger partial charge in [0.2, 0.25) is 5.43 Å². The molecule has 2 aromatic rings. The molecule has 0 bridgehead atoms. The Morgan fingerprint density at radius 2 is 1.59 bits per heavy atom. The van der Waals surface area contributed by atoms with Crippen molar-refractivity contribution in [3.8, 4) is 0 Å². The summed E-state index contributed by atoms with van der Waals surface area (Å²) in [5.74, 6) is -1.06. The number of aromatic nitrogens is 1. The number of hydrogen-bond acceptors (Lipinski definition) is 3. The standard InChI is InChI=1S/C25H30FN3O3/c26-19-10-8-18(9-11-19)12-13-27-24(31)21-16-29(20-6-2-3-7-20)17-22(23(21)30)25(32)28-14-4-1-5-15-28/h8-11,16-17,20H,1-7,12-15H2,(H,27,31). The molecule has 1 aliphatic heterocycles. The average molecular weight is 440 g/mol. The third-order valence-electron chi connectivity index (χ3n) is 6.52. The first-order chi connectivity index (χ1) is 15.5. The fourth-order valence-electron chi connectivity index (χ4n) is 4.66. The van der Waals surface area contributed by atoms with Gasteiger partial charge in [0.25, 0.3) is 11.8 Å². The van der Waals surface area contributed by atoms with Gasteiger partial charge in [0.1, 0.15) is 16.9 Å². The van der Waals surface area contributed by atoms with E-state index in [2.05, 4.69) is 5.32 Å². The lowest BCUT2D eigenvalue weighted by Gasteiger charge is -2.27. The van der Waals surface area contributed by atoms with Crippen molar-refractivity contribution in [1.29, 1.82) is 0 Å². The van der Waals surface area contributed by atoms with Gasteiger partial charge < -0.3 is 14.8 Å². The number of carbonyl (C=O) groups is 2. The van der Waals surface area contributed by atoms with Crippen molar-refractivity contribution in [1.82, 2.24) is 14.8 Å². The van der Waals surface area contributed by atoms with Crippen LogP contribution in [0, 0.1) is 5.82 Å².